The van der Waals surface area contributed by atoms with E-state index in [0.29, 0.717) is 12.3 Å². The number of hydrogen-bond acceptors (Lipinski definition) is 5. The Morgan fingerprint density at radius 1 is 1.22 bits per heavy atom. The summed E-state index contributed by atoms with van der Waals surface area (Å²) in [5, 5.41) is 12.6. The Morgan fingerprint density at radius 2 is 2.00 bits per heavy atom. The van der Waals surface area contributed by atoms with Gasteiger partial charge in [-0.1, -0.05) is 35.5 Å². The van der Waals surface area contributed by atoms with Crippen molar-refractivity contribution in [2.24, 2.45) is 5.16 Å². The summed E-state index contributed by atoms with van der Waals surface area (Å²) < 4.78 is 0. The Hall–Kier alpha value is -2.74. The molecule has 0 spiro atoms. The van der Waals surface area contributed by atoms with E-state index >= 15 is 0 Å². The average Bonchev–Trinajstić information content (AvgIpc) is 2.45. The molecular formula is C13H10N4O. The van der Waals surface area contributed by atoms with Crippen molar-refractivity contribution in [3.63, 3.8) is 0 Å². The van der Waals surface area contributed by atoms with Gasteiger partial charge in [-0.05, 0) is 5.56 Å². The van der Waals surface area contributed by atoms with Crippen LogP contribution >= 0.6 is 0 Å². The molecule has 2 aromatic rings. The summed E-state index contributed by atoms with van der Waals surface area (Å²) in [6.45, 7) is 0.374. The molecule has 0 fully saturated rings. The van der Waals surface area contributed by atoms with Crippen LogP contribution < -0.4 is 0 Å². The van der Waals surface area contributed by atoms with E-state index < -0.39 is 0 Å². The van der Waals surface area contributed by atoms with E-state index in [1.807, 2.05) is 36.4 Å². The predicted octanol–water partition coefficient (Wildman–Crippen LogP) is 1.90. The maximum absolute atomic E-state index is 8.80. The quantitative estimate of drug-likeness (QED) is 0.602. The van der Waals surface area contributed by atoms with Crippen LogP contribution in [0.4, 0.5) is 0 Å². The fourth-order valence-corrected chi connectivity index (χ4v) is 1.30. The first-order valence-corrected chi connectivity index (χ1v) is 5.30. The van der Waals surface area contributed by atoms with Crippen LogP contribution in [0.25, 0.3) is 0 Å². The van der Waals surface area contributed by atoms with E-state index in [1.54, 1.807) is 0 Å². The standard InChI is InChI=1S/C13H10N4O/c14-8-12-13(16-7-6-15-12)9-17-18-10-11-4-2-1-3-5-11/h1-7,9H,10H2/b17-9+. The smallest absolute Gasteiger partial charge is 0.167 e. The largest absolute Gasteiger partial charge is 0.391 e. The predicted molar refractivity (Wildman–Crippen MR) is 65.6 cm³/mol. The van der Waals surface area contributed by atoms with Gasteiger partial charge in [0.1, 0.15) is 18.4 Å². The zero-order chi connectivity index (χ0) is 12.6. The van der Waals surface area contributed by atoms with Gasteiger partial charge in [0.2, 0.25) is 0 Å². The molecule has 0 aliphatic carbocycles. The molecule has 0 atom stereocenters. The lowest BCUT2D eigenvalue weighted by molar-refractivity contribution is 0.132. The summed E-state index contributed by atoms with van der Waals surface area (Å²) in [5.74, 6) is 0. The second-order valence-electron chi connectivity index (χ2n) is 3.40. The summed E-state index contributed by atoms with van der Waals surface area (Å²) in [7, 11) is 0. The number of hydrogen-bond donors (Lipinski definition) is 0. The van der Waals surface area contributed by atoms with Gasteiger partial charge in [-0.15, -0.1) is 0 Å². The first-order valence-electron chi connectivity index (χ1n) is 5.30. The van der Waals surface area contributed by atoms with Crippen molar-refractivity contribution in [3.05, 3.63) is 59.7 Å². The minimum atomic E-state index is 0.226. The van der Waals surface area contributed by atoms with Gasteiger partial charge in [0.15, 0.2) is 5.69 Å². The Balaban J connectivity index is 1.94. The molecule has 1 aromatic carbocycles. The molecular weight excluding hydrogens is 228 g/mol. The summed E-state index contributed by atoms with van der Waals surface area (Å²) in [4.78, 5) is 13.0. The van der Waals surface area contributed by atoms with E-state index in [2.05, 4.69) is 15.1 Å². The highest BCUT2D eigenvalue weighted by Crippen LogP contribution is 2.01. The monoisotopic (exact) mass is 238 g/mol. The van der Waals surface area contributed by atoms with Gasteiger partial charge < -0.3 is 4.84 Å². The molecule has 88 valence electrons. The van der Waals surface area contributed by atoms with Crippen molar-refractivity contribution in [1.82, 2.24) is 9.97 Å². The molecule has 0 unspecified atom stereocenters. The van der Waals surface area contributed by atoms with Crippen LogP contribution in [0.2, 0.25) is 0 Å². The fraction of sp³-hybridized carbons (Fsp3) is 0.0769. The third kappa shape index (κ3) is 3.12. The van der Waals surface area contributed by atoms with Crippen molar-refractivity contribution >= 4 is 6.21 Å². The summed E-state index contributed by atoms with van der Waals surface area (Å²) >= 11 is 0. The van der Waals surface area contributed by atoms with Crippen LogP contribution in [-0.4, -0.2) is 16.2 Å². The van der Waals surface area contributed by atoms with E-state index in [9.17, 15) is 0 Å². The lowest BCUT2D eigenvalue weighted by atomic mass is 10.2. The third-order valence-electron chi connectivity index (χ3n) is 2.16. The van der Waals surface area contributed by atoms with Gasteiger partial charge in [0, 0.05) is 12.4 Å². The number of nitriles is 1. The van der Waals surface area contributed by atoms with Crippen molar-refractivity contribution in [3.8, 4) is 6.07 Å². The molecule has 0 N–H and O–H groups in total. The molecule has 0 saturated heterocycles. The first-order chi connectivity index (χ1) is 8.90. The Bertz CT molecular complexity index is 575. The highest BCUT2D eigenvalue weighted by molar-refractivity contribution is 5.79. The zero-order valence-electron chi connectivity index (χ0n) is 9.52. The van der Waals surface area contributed by atoms with Crippen LogP contribution in [0.15, 0.2) is 47.9 Å². The molecule has 0 bridgehead atoms. The Kier molecular flexibility index (Phi) is 3.98. The van der Waals surface area contributed by atoms with Crippen molar-refractivity contribution in [2.45, 2.75) is 6.61 Å². The SMILES string of the molecule is N#Cc1nccnc1/C=N/OCc1ccccc1. The van der Waals surface area contributed by atoms with Gasteiger partial charge >= 0.3 is 0 Å². The molecule has 0 aliphatic rings. The minimum Gasteiger partial charge on any atom is -0.391 e. The number of rotatable bonds is 4. The Morgan fingerprint density at radius 3 is 2.78 bits per heavy atom. The number of nitrogens with zero attached hydrogens (tertiary/aromatic N) is 4. The van der Waals surface area contributed by atoms with Crippen molar-refractivity contribution in [1.29, 1.82) is 5.26 Å². The van der Waals surface area contributed by atoms with Crippen LogP contribution in [0, 0.1) is 11.3 Å². The highest BCUT2D eigenvalue weighted by atomic mass is 16.6. The first kappa shape index (κ1) is 11.7. The number of aromatic nitrogens is 2. The summed E-state index contributed by atoms with van der Waals surface area (Å²) in [6, 6.07) is 11.6. The topological polar surface area (TPSA) is 71.2 Å². The number of oxime groups is 1. The second-order valence-corrected chi connectivity index (χ2v) is 3.40. The van der Waals surface area contributed by atoms with Gasteiger partial charge in [0.25, 0.3) is 0 Å². The molecule has 0 amide bonds. The molecule has 0 saturated carbocycles. The molecule has 5 nitrogen and oxygen atoms in total. The minimum absolute atomic E-state index is 0.226. The zero-order valence-corrected chi connectivity index (χ0v) is 9.52. The summed E-state index contributed by atoms with van der Waals surface area (Å²) in [6.07, 6.45) is 4.34. The van der Waals surface area contributed by atoms with Crippen molar-refractivity contribution < 1.29 is 4.84 Å². The van der Waals surface area contributed by atoms with Crippen LogP contribution in [0.3, 0.4) is 0 Å². The molecule has 2 rings (SSSR count). The molecule has 18 heavy (non-hydrogen) atoms. The Labute approximate surface area is 104 Å². The third-order valence-corrected chi connectivity index (χ3v) is 2.16. The fourth-order valence-electron chi connectivity index (χ4n) is 1.30. The van der Waals surface area contributed by atoms with Gasteiger partial charge in [-0.2, -0.15) is 5.26 Å². The van der Waals surface area contributed by atoms with Gasteiger partial charge in [-0.3, -0.25) is 4.98 Å². The molecule has 1 aromatic heterocycles. The number of benzene rings is 1. The van der Waals surface area contributed by atoms with Crippen LogP contribution in [0.1, 0.15) is 17.0 Å². The summed E-state index contributed by atoms with van der Waals surface area (Å²) in [5.41, 5.74) is 1.65. The van der Waals surface area contributed by atoms with Crippen LogP contribution in [0.5, 0.6) is 0 Å². The maximum atomic E-state index is 8.80. The second kappa shape index (κ2) is 6.11. The molecule has 0 radical (unpaired) electrons. The highest BCUT2D eigenvalue weighted by Gasteiger charge is 2.00. The maximum Gasteiger partial charge on any atom is 0.167 e. The molecule has 0 aliphatic heterocycles. The lowest BCUT2D eigenvalue weighted by Crippen LogP contribution is -1.96. The molecule has 5 heteroatoms. The van der Waals surface area contributed by atoms with Crippen molar-refractivity contribution in [2.75, 3.05) is 0 Å². The molecule has 1 heterocycles. The van der Waals surface area contributed by atoms with E-state index in [-0.39, 0.29) is 5.69 Å². The van der Waals surface area contributed by atoms with Gasteiger partial charge in [-0.25, -0.2) is 4.98 Å². The average molecular weight is 238 g/mol. The van der Waals surface area contributed by atoms with Gasteiger partial charge in [0.05, 0.1) is 6.21 Å². The van der Waals surface area contributed by atoms with Crippen LogP contribution in [-0.2, 0) is 11.4 Å². The van der Waals surface area contributed by atoms with E-state index in [1.165, 1.54) is 18.6 Å². The van der Waals surface area contributed by atoms with E-state index in [0.717, 1.165) is 5.56 Å². The lowest BCUT2D eigenvalue weighted by Gasteiger charge is -1.98. The van der Waals surface area contributed by atoms with E-state index in [4.69, 9.17) is 10.1 Å². The normalized spacial score (nSPS) is 10.2.